The molecule has 1 aliphatic heterocycles. The Balaban J connectivity index is 1.79. The number of carbonyl (C=O) groups is 2. The molecular weight excluding hydrogens is 519 g/mol. The van der Waals surface area contributed by atoms with Crippen LogP contribution in [-0.2, 0) is 19.4 Å². The fourth-order valence-corrected chi connectivity index (χ4v) is 5.33. The maximum Gasteiger partial charge on any atom is 0.344 e. The molecule has 0 spiro atoms. The van der Waals surface area contributed by atoms with Crippen molar-refractivity contribution in [2.45, 2.75) is 44.2 Å². The SMILES string of the molecule is CC1=NC(=O)N(CCCNCS(=O)(=O)c2cccc(F)c2)C(c2cccc([N+](=O)[O-])c2)C1C(=O)OC(C)C. The summed E-state index contributed by atoms with van der Waals surface area (Å²) in [6.45, 7) is 5.14. The number of benzene rings is 2. The van der Waals surface area contributed by atoms with Crippen LogP contribution in [0.5, 0.6) is 0 Å². The number of carbonyl (C=O) groups excluding carboxylic acids is 2. The minimum absolute atomic E-state index is 0.0709. The van der Waals surface area contributed by atoms with Gasteiger partial charge in [0.05, 0.1) is 22.0 Å². The van der Waals surface area contributed by atoms with E-state index >= 15 is 0 Å². The molecule has 0 radical (unpaired) electrons. The number of nitro groups is 1. The van der Waals surface area contributed by atoms with Crippen LogP contribution in [0.2, 0.25) is 0 Å². The third kappa shape index (κ3) is 6.98. The van der Waals surface area contributed by atoms with Gasteiger partial charge in [-0.1, -0.05) is 18.2 Å². The molecule has 1 aliphatic rings. The molecular formula is C25H29FN4O7S. The highest BCUT2D eigenvalue weighted by Gasteiger charge is 2.43. The van der Waals surface area contributed by atoms with E-state index in [1.54, 1.807) is 19.9 Å². The summed E-state index contributed by atoms with van der Waals surface area (Å²) in [5, 5.41) is 14.2. The molecule has 1 heterocycles. The van der Waals surface area contributed by atoms with Gasteiger partial charge in [0.1, 0.15) is 17.6 Å². The molecule has 13 heteroatoms. The largest absolute Gasteiger partial charge is 0.462 e. The van der Waals surface area contributed by atoms with Crippen LogP contribution in [0.3, 0.4) is 0 Å². The Morgan fingerprint density at radius 2 is 1.95 bits per heavy atom. The lowest BCUT2D eigenvalue weighted by molar-refractivity contribution is -0.385. The first-order chi connectivity index (χ1) is 17.9. The van der Waals surface area contributed by atoms with Gasteiger partial charge in [-0.2, -0.15) is 0 Å². The molecule has 2 aromatic rings. The van der Waals surface area contributed by atoms with Gasteiger partial charge in [0.15, 0.2) is 9.84 Å². The number of sulfone groups is 1. The van der Waals surface area contributed by atoms with Crippen molar-refractivity contribution in [1.82, 2.24) is 10.2 Å². The van der Waals surface area contributed by atoms with Gasteiger partial charge in [0.2, 0.25) is 0 Å². The molecule has 2 unspecified atom stereocenters. The number of aliphatic imine (C=N–C) groups is 1. The van der Waals surface area contributed by atoms with Gasteiger partial charge in [-0.05, 0) is 57.5 Å². The summed E-state index contributed by atoms with van der Waals surface area (Å²) < 4.78 is 43.7. The van der Waals surface area contributed by atoms with Crippen LogP contribution in [0.1, 0.15) is 38.8 Å². The molecule has 0 fully saturated rings. The number of amides is 2. The van der Waals surface area contributed by atoms with E-state index < -0.39 is 56.5 Å². The van der Waals surface area contributed by atoms with Crippen molar-refractivity contribution < 1.29 is 32.1 Å². The van der Waals surface area contributed by atoms with E-state index in [-0.39, 0.29) is 35.8 Å². The molecule has 0 saturated carbocycles. The first-order valence-electron chi connectivity index (χ1n) is 11.9. The maximum atomic E-state index is 13.4. The summed E-state index contributed by atoms with van der Waals surface area (Å²) >= 11 is 0. The zero-order valence-corrected chi connectivity index (χ0v) is 22.0. The second kappa shape index (κ2) is 12.2. The molecule has 0 aromatic heterocycles. The number of ether oxygens (including phenoxy) is 1. The van der Waals surface area contributed by atoms with Crippen molar-refractivity contribution in [2.24, 2.45) is 10.9 Å². The summed E-state index contributed by atoms with van der Waals surface area (Å²) in [4.78, 5) is 42.0. The predicted octanol–water partition coefficient (Wildman–Crippen LogP) is 3.65. The lowest BCUT2D eigenvalue weighted by Gasteiger charge is -2.38. The Labute approximate surface area is 219 Å². The highest BCUT2D eigenvalue weighted by atomic mass is 32.2. The molecule has 204 valence electrons. The number of esters is 1. The fourth-order valence-electron chi connectivity index (χ4n) is 4.17. The normalized spacial score (nSPS) is 17.9. The standard InChI is InChI=1S/C25H29FN4O7S/c1-16(2)37-24(31)22-17(3)28-25(32)29(23(22)18-7-4-9-20(13-18)30(33)34)12-6-11-27-15-38(35,36)21-10-5-8-19(26)14-21/h4-5,7-10,13-14,16,22-23,27H,6,11-12,15H2,1-3H3. The molecule has 2 atom stereocenters. The second-order valence-corrected chi connectivity index (χ2v) is 11.0. The van der Waals surface area contributed by atoms with Crippen LogP contribution in [0.4, 0.5) is 14.9 Å². The zero-order valence-electron chi connectivity index (χ0n) is 21.2. The second-order valence-electron chi connectivity index (χ2n) is 9.06. The van der Waals surface area contributed by atoms with E-state index in [0.717, 1.165) is 12.1 Å². The van der Waals surface area contributed by atoms with Crippen molar-refractivity contribution in [3.05, 3.63) is 70.0 Å². The van der Waals surface area contributed by atoms with E-state index in [1.807, 2.05) is 0 Å². The zero-order chi connectivity index (χ0) is 28.0. The first kappa shape index (κ1) is 28.9. The maximum absolute atomic E-state index is 13.4. The number of hydrogen-bond donors (Lipinski definition) is 1. The molecule has 2 aromatic carbocycles. The number of halogens is 1. The van der Waals surface area contributed by atoms with Gasteiger partial charge in [-0.3, -0.25) is 14.9 Å². The summed E-state index contributed by atoms with van der Waals surface area (Å²) in [7, 11) is -3.78. The monoisotopic (exact) mass is 548 g/mol. The van der Waals surface area contributed by atoms with Gasteiger partial charge in [-0.15, -0.1) is 0 Å². The lowest BCUT2D eigenvalue weighted by atomic mass is 9.86. The van der Waals surface area contributed by atoms with Gasteiger partial charge < -0.3 is 15.0 Å². The van der Waals surface area contributed by atoms with Gasteiger partial charge in [0, 0.05) is 24.4 Å². The van der Waals surface area contributed by atoms with Crippen LogP contribution in [0.25, 0.3) is 0 Å². The van der Waals surface area contributed by atoms with E-state index in [0.29, 0.717) is 5.56 Å². The Bertz CT molecular complexity index is 1350. The Morgan fingerprint density at radius 1 is 1.24 bits per heavy atom. The number of hydrogen-bond acceptors (Lipinski definition) is 8. The minimum Gasteiger partial charge on any atom is -0.462 e. The minimum atomic E-state index is -3.78. The Kier molecular flexibility index (Phi) is 9.28. The molecule has 0 aliphatic carbocycles. The van der Waals surface area contributed by atoms with E-state index in [1.165, 1.54) is 42.2 Å². The van der Waals surface area contributed by atoms with E-state index in [9.17, 15) is 32.5 Å². The first-order valence-corrected chi connectivity index (χ1v) is 13.6. The number of non-ortho nitro benzene ring substituents is 1. The molecule has 38 heavy (non-hydrogen) atoms. The summed E-state index contributed by atoms with van der Waals surface area (Å²) in [6, 6.07) is 8.83. The quantitative estimate of drug-likeness (QED) is 0.194. The highest BCUT2D eigenvalue weighted by Crippen LogP contribution is 2.36. The van der Waals surface area contributed by atoms with Crippen LogP contribution in [0, 0.1) is 21.8 Å². The van der Waals surface area contributed by atoms with Crippen LogP contribution in [-0.4, -0.2) is 61.0 Å². The number of nitrogens with zero attached hydrogens (tertiary/aromatic N) is 3. The smallest absolute Gasteiger partial charge is 0.344 e. The van der Waals surface area contributed by atoms with Gasteiger partial charge in [-0.25, -0.2) is 22.6 Å². The Hall–Kier alpha value is -3.71. The van der Waals surface area contributed by atoms with Crippen molar-refractivity contribution in [3.63, 3.8) is 0 Å². The third-order valence-electron chi connectivity index (χ3n) is 5.85. The summed E-state index contributed by atoms with van der Waals surface area (Å²) in [5.41, 5.74) is 0.400. The van der Waals surface area contributed by atoms with E-state index in [4.69, 9.17) is 4.74 Å². The average molecular weight is 549 g/mol. The predicted molar refractivity (Wildman–Crippen MR) is 137 cm³/mol. The average Bonchev–Trinajstić information content (AvgIpc) is 2.84. The van der Waals surface area contributed by atoms with Crippen molar-refractivity contribution >= 4 is 33.2 Å². The number of urea groups is 1. The van der Waals surface area contributed by atoms with Gasteiger partial charge >= 0.3 is 12.0 Å². The number of rotatable bonds is 11. The third-order valence-corrected chi connectivity index (χ3v) is 7.40. The van der Waals surface area contributed by atoms with Crippen molar-refractivity contribution in [2.75, 3.05) is 19.0 Å². The molecule has 1 N–H and O–H groups in total. The van der Waals surface area contributed by atoms with Crippen LogP contribution < -0.4 is 5.32 Å². The highest BCUT2D eigenvalue weighted by molar-refractivity contribution is 7.91. The lowest BCUT2D eigenvalue weighted by Crippen LogP contribution is -2.48. The number of nitrogens with one attached hydrogen (secondary N) is 1. The topological polar surface area (TPSA) is 148 Å². The van der Waals surface area contributed by atoms with Crippen LogP contribution in [0.15, 0.2) is 58.4 Å². The molecule has 3 rings (SSSR count). The number of nitro benzene ring substituents is 1. The fraction of sp³-hybridized carbons (Fsp3) is 0.400. The molecule has 11 nitrogen and oxygen atoms in total. The summed E-state index contributed by atoms with van der Waals surface area (Å²) in [6.07, 6.45) is -0.160. The van der Waals surface area contributed by atoms with Crippen molar-refractivity contribution in [3.8, 4) is 0 Å². The van der Waals surface area contributed by atoms with Gasteiger partial charge in [0.25, 0.3) is 5.69 Å². The summed E-state index contributed by atoms with van der Waals surface area (Å²) in [5.74, 6) is -2.71. The molecule has 0 bridgehead atoms. The van der Waals surface area contributed by atoms with Crippen LogP contribution >= 0.6 is 0 Å². The van der Waals surface area contributed by atoms with E-state index in [2.05, 4.69) is 10.3 Å². The molecule has 2 amide bonds. The Morgan fingerprint density at radius 3 is 2.61 bits per heavy atom. The molecule has 0 saturated heterocycles. The van der Waals surface area contributed by atoms with Crippen molar-refractivity contribution in [1.29, 1.82) is 0 Å².